The maximum absolute atomic E-state index is 12.8. The van der Waals surface area contributed by atoms with Gasteiger partial charge in [-0.1, -0.05) is 76.0 Å². The smallest absolute Gasteiger partial charge is 0.493 e. The van der Waals surface area contributed by atoms with Crippen LogP contribution in [0.5, 0.6) is 11.5 Å². The molecule has 0 aliphatic rings. The highest BCUT2D eigenvalue weighted by atomic mass is 28.4. The number of hydrogen-bond donors (Lipinski definition) is 0. The summed E-state index contributed by atoms with van der Waals surface area (Å²) in [7, 11) is -1.97. The van der Waals surface area contributed by atoms with Crippen LogP contribution in [0.2, 0.25) is 12.6 Å². The Labute approximate surface area is 253 Å². The Morgan fingerprint density at radius 3 is 2.00 bits per heavy atom. The lowest BCUT2D eigenvalue weighted by molar-refractivity contribution is -0.274. The number of fused-ring (bicyclic) bond motifs is 1. The van der Waals surface area contributed by atoms with Crippen molar-refractivity contribution in [3.63, 3.8) is 0 Å². The van der Waals surface area contributed by atoms with Gasteiger partial charge in [0.2, 0.25) is 0 Å². The number of halogens is 3. The minimum Gasteiger partial charge on any atom is -0.493 e. The predicted octanol–water partition coefficient (Wildman–Crippen LogP) is 9.78. The molecular weight excluding hydrogens is 577 g/mol. The molecule has 0 aliphatic carbocycles. The SMILES string of the molecule is CCO[Si](C)(CCCCCCCCCCCCOc1ccc2cc(-c3ccccc3OC(F)(F)F)c(=O)oc2c1)OCC. The van der Waals surface area contributed by atoms with Crippen molar-refractivity contribution >= 4 is 19.5 Å². The lowest BCUT2D eigenvalue weighted by Crippen LogP contribution is -2.38. The minimum absolute atomic E-state index is 0.00918. The van der Waals surface area contributed by atoms with Crippen molar-refractivity contribution in [2.45, 2.75) is 97.0 Å². The summed E-state index contributed by atoms with van der Waals surface area (Å²) >= 11 is 0. The quantitative estimate of drug-likeness (QED) is 0.0710. The first-order chi connectivity index (χ1) is 20.6. The van der Waals surface area contributed by atoms with Crippen molar-refractivity contribution in [1.82, 2.24) is 0 Å². The summed E-state index contributed by atoms with van der Waals surface area (Å²) in [6, 6.07) is 13.2. The first-order valence-electron chi connectivity index (χ1n) is 15.5. The van der Waals surface area contributed by atoms with Gasteiger partial charge in [-0.15, -0.1) is 13.2 Å². The number of ether oxygens (including phenoxy) is 2. The molecule has 0 spiro atoms. The zero-order valence-electron chi connectivity index (χ0n) is 25.6. The van der Waals surface area contributed by atoms with E-state index in [1.54, 1.807) is 18.2 Å². The first kappa shape index (κ1) is 34.7. The zero-order chi connectivity index (χ0) is 31.1. The molecule has 10 heteroatoms. The molecule has 43 heavy (non-hydrogen) atoms. The van der Waals surface area contributed by atoms with Crippen LogP contribution in [0.4, 0.5) is 13.2 Å². The fourth-order valence-electron chi connectivity index (χ4n) is 5.22. The molecule has 0 amide bonds. The van der Waals surface area contributed by atoms with Crippen LogP contribution < -0.4 is 15.1 Å². The second-order valence-electron chi connectivity index (χ2n) is 10.8. The van der Waals surface area contributed by atoms with Crippen LogP contribution in [0.1, 0.15) is 78.1 Å². The molecule has 0 aliphatic heterocycles. The van der Waals surface area contributed by atoms with Gasteiger partial charge in [-0.05, 0) is 57.1 Å². The fraction of sp³-hybridized carbons (Fsp3) is 0.545. The van der Waals surface area contributed by atoms with Gasteiger partial charge in [0.05, 0.1) is 12.2 Å². The average molecular weight is 623 g/mol. The molecule has 0 N–H and O–H groups in total. The van der Waals surface area contributed by atoms with Crippen molar-refractivity contribution in [3.05, 3.63) is 59.0 Å². The van der Waals surface area contributed by atoms with E-state index in [4.69, 9.17) is 18.0 Å². The third-order valence-corrected chi connectivity index (χ3v) is 10.4. The summed E-state index contributed by atoms with van der Waals surface area (Å²) in [5, 5.41) is 0.570. The Kier molecular flexibility index (Phi) is 14.1. The molecule has 3 aromatic rings. The van der Waals surface area contributed by atoms with E-state index in [0.29, 0.717) is 23.3 Å². The summed E-state index contributed by atoms with van der Waals surface area (Å²) in [5.41, 5.74) is -0.447. The van der Waals surface area contributed by atoms with Crippen molar-refractivity contribution in [1.29, 1.82) is 0 Å². The highest BCUT2D eigenvalue weighted by Crippen LogP contribution is 2.34. The van der Waals surface area contributed by atoms with E-state index < -0.39 is 26.3 Å². The maximum atomic E-state index is 12.8. The first-order valence-corrected chi connectivity index (χ1v) is 18.0. The van der Waals surface area contributed by atoms with Crippen molar-refractivity contribution in [2.75, 3.05) is 19.8 Å². The van der Waals surface area contributed by atoms with E-state index in [9.17, 15) is 18.0 Å². The Morgan fingerprint density at radius 2 is 1.37 bits per heavy atom. The number of alkyl halides is 3. The number of benzene rings is 2. The monoisotopic (exact) mass is 622 g/mol. The molecule has 0 saturated carbocycles. The van der Waals surface area contributed by atoms with Crippen molar-refractivity contribution in [2.24, 2.45) is 0 Å². The van der Waals surface area contributed by atoms with E-state index in [-0.39, 0.29) is 11.1 Å². The van der Waals surface area contributed by atoms with Gasteiger partial charge in [0, 0.05) is 30.2 Å². The van der Waals surface area contributed by atoms with Gasteiger partial charge >= 0.3 is 20.5 Å². The van der Waals surface area contributed by atoms with Crippen LogP contribution in [0.15, 0.2) is 57.7 Å². The summed E-state index contributed by atoms with van der Waals surface area (Å²) in [4.78, 5) is 12.7. The standard InChI is InChI=1S/C33H45F3O6Si/c1-4-39-43(3,40-5-2)23-17-13-11-9-7-6-8-10-12-16-22-38-27-21-20-26-24-29(32(37)41-31(26)25-27)28-18-14-15-19-30(28)42-33(34,35)36/h14-15,18-21,24-25H,4-13,16-17,22-23H2,1-3H3. The second kappa shape index (κ2) is 17.5. The molecule has 0 fully saturated rings. The summed E-state index contributed by atoms with van der Waals surface area (Å²) in [5.74, 6) is 0.118. The molecule has 2 aromatic carbocycles. The molecule has 3 rings (SSSR count). The molecular formula is C33H45F3O6Si. The number of unbranched alkanes of at least 4 members (excludes halogenated alkanes) is 9. The van der Waals surface area contributed by atoms with Crippen molar-refractivity contribution in [3.8, 4) is 22.6 Å². The van der Waals surface area contributed by atoms with E-state index in [1.807, 2.05) is 13.8 Å². The third kappa shape index (κ3) is 12.0. The van der Waals surface area contributed by atoms with Gasteiger partial charge in [-0.25, -0.2) is 4.79 Å². The summed E-state index contributed by atoms with van der Waals surface area (Å²) < 4.78 is 65.7. The van der Waals surface area contributed by atoms with E-state index in [2.05, 4.69) is 11.3 Å². The molecule has 0 atom stereocenters. The average Bonchev–Trinajstić information content (AvgIpc) is 2.95. The van der Waals surface area contributed by atoms with E-state index >= 15 is 0 Å². The minimum atomic E-state index is -4.88. The Balaban J connectivity index is 1.33. The van der Waals surface area contributed by atoms with Gasteiger partial charge in [-0.3, -0.25) is 0 Å². The molecule has 238 valence electrons. The van der Waals surface area contributed by atoms with Gasteiger partial charge in [0.1, 0.15) is 17.1 Å². The fourth-order valence-corrected chi connectivity index (χ4v) is 7.71. The van der Waals surface area contributed by atoms with Gasteiger partial charge in [-0.2, -0.15) is 0 Å². The number of para-hydroxylation sites is 1. The van der Waals surface area contributed by atoms with Crippen LogP contribution in [0, 0.1) is 0 Å². The Bertz CT molecular complexity index is 1300. The summed E-state index contributed by atoms with van der Waals surface area (Å²) in [6.45, 7) is 8.26. The molecule has 0 radical (unpaired) electrons. The highest BCUT2D eigenvalue weighted by molar-refractivity contribution is 6.66. The zero-order valence-corrected chi connectivity index (χ0v) is 26.6. The number of rotatable bonds is 20. The van der Waals surface area contributed by atoms with Gasteiger partial charge in [0.25, 0.3) is 0 Å². The van der Waals surface area contributed by atoms with Crippen LogP contribution in [0.3, 0.4) is 0 Å². The predicted molar refractivity (Wildman–Crippen MR) is 166 cm³/mol. The van der Waals surface area contributed by atoms with E-state index in [1.165, 1.54) is 75.6 Å². The van der Waals surface area contributed by atoms with Crippen LogP contribution in [-0.2, 0) is 8.85 Å². The van der Waals surface area contributed by atoms with Gasteiger partial charge in [0.15, 0.2) is 0 Å². The number of hydrogen-bond acceptors (Lipinski definition) is 6. The van der Waals surface area contributed by atoms with Crippen LogP contribution in [-0.4, -0.2) is 34.7 Å². The topological polar surface area (TPSA) is 67.1 Å². The molecule has 0 unspecified atom stereocenters. The molecule has 0 saturated heterocycles. The maximum Gasteiger partial charge on any atom is 0.573 e. The Morgan fingerprint density at radius 1 is 0.767 bits per heavy atom. The highest BCUT2D eigenvalue weighted by Gasteiger charge is 2.32. The lowest BCUT2D eigenvalue weighted by Gasteiger charge is -2.25. The van der Waals surface area contributed by atoms with Gasteiger partial charge < -0.3 is 22.7 Å². The summed E-state index contributed by atoms with van der Waals surface area (Å²) in [6.07, 6.45) is 7.03. The van der Waals surface area contributed by atoms with E-state index in [0.717, 1.165) is 38.2 Å². The largest absolute Gasteiger partial charge is 0.573 e. The second-order valence-corrected chi connectivity index (χ2v) is 14.2. The third-order valence-electron chi connectivity index (χ3n) is 7.30. The van der Waals surface area contributed by atoms with Crippen LogP contribution >= 0.6 is 0 Å². The normalized spacial score (nSPS) is 12.1. The molecule has 6 nitrogen and oxygen atoms in total. The molecule has 0 bridgehead atoms. The van der Waals surface area contributed by atoms with Crippen molar-refractivity contribution < 1.29 is 35.9 Å². The molecule has 1 aromatic heterocycles. The molecule has 1 heterocycles. The van der Waals surface area contributed by atoms with Crippen LogP contribution in [0.25, 0.3) is 22.1 Å². The Hall–Kier alpha value is -2.82. The lowest BCUT2D eigenvalue weighted by atomic mass is 10.0.